The van der Waals surface area contributed by atoms with Crippen LogP contribution in [-0.4, -0.2) is 5.60 Å². The van der Waals surface area contributed by atoms with E-state index in [4.69, 9.17) is 10.5 Å². The fraction of sp³-hybridized carbons (Fsp3) is 0.538. The van der Waals surface area contributed by atoms with E-state index in [1.807, 2.05) is 18.2 Å². The topological polar surface area (TPSA) is 35.2 Å². The molecule has 0 spiro atoms. The van der Waals surface area contributed by atoms with E-state index in [0.29, 0.717) is 0 Å². The van der Waals surface area contributed by atoms with Crippen molar-refractivity contribution < 1.29 is 4.74 Å². The molecule has 0 aliphatic carbocycles. The summed E-state index contributed by atoms with van der Waals surface area (Å²) in [4.78, 5) is 0. The number of ether oxygens (including phenoxy) is 1. The number of para-hydroxylation sites is 1. The lowest BCUT2D eigenvalue weighted by Gasteiger charge is -2.40. The van der Waals surface area contributed by atoms with Gasteiger partial charge in [0.25, 0.3) is 0 Å². The Bertz CT molecular complexity index is 344. The highest BCUT2D eigenvalue weighted by molar-refractivity contribution is 5.38. The average molecular weight is 205 g/mol. The van der Waals surface area contributed by atoms with Gasteiger partial charge in [-0.1, -0.05) is 32.0 Å². The van der Waals surface area contributed by atoms with Crippen molar-refractivity contribution in [1.29, 1.82) is 0 Å². The molecule has 2 nitrogen and oxygen atoms in total. The van der Waals surface area contributed by atoms with Gasteiger partial charge in [-0.3, -0.25) is 0 Å². The lowest BCUT2D eigenvalue weighted by atomic mass is 9.84. The van der Waals surface area contributed by atoms with E-state index in [2.05, 4.69) is 19.9 Å². The summed E-state index contributed by atoms with van der Waals surface area (Å²) in [6.07, 6.45) is 2.97. The van der Waals surface area contributed by atoms with Crippen LogP contribution in [0.15, 0.2) is 24.3 Å². The van der Waals surface area contributed by atoms with Crippen molar-refractivity contribution in [2.45, 2.75) is 44.8 Å². The first-order valence-electron chi connectivity index (χ1n) is 5.74. The van der Waals surface area contributed by atoms with Crippen molar-refractivity contribution in [1.82, 2.24) is 0 Å². The maximum atomic E-state index is 6.19. The monoisotopic (exact) mass is 205 g/mol. The van der Waals surface area contributed by atoms with Gasteiger partial charge in [-0.25, -0.2) is 0 Å². The number of nitrogens with two attached hydrogens (primary N) is 1. The quantitative estimate of drug-likeness (QED) is 0.805. The van der Waals surface area contributed by atoms with Gasteiger partial charge in [0.2, 0.25) is 0 Å². The van der Waals surface area contributed by atoms with Crippen LogP contribution >= 0.6 is 0 Å². The molecule has 82 valence electrons. The molecule has 1 atom stereocenters. The third-order valence-electron chi connectivity index (χ3n) is 3.53. The Balaban J connectivity index is 2.37. The normalized spacial score (nSPS) is 23.0. The summed E-state index contributed by atoms with van der Waals surface area (Å²) in [5.41, 5.74) is 7.29. The van der Waals surface area contributed by atoms with E-state index in [1.54, 1.807) is 0 Å². The zero-order valence-corrected chi connectivity index (χ0v) is 9.49. The molecule has 0 fully saturated rings. The fourth-order valence-electron chi connectivity index (χ4n) is 2.35. The molecule has 0 aromatic heterocycles. The van der Waals surface area contributed by atoms with Crippen molar-refractivity contribution in [2.24, 2.45) is 5.73 Å². The van der Waals surface area contributed by atoms with Gasteiger partial charge in [0.1, 0.15) is 11.4 Å². The number of fused-ring (bicyclic) bond motifs is 1. The minimum absolute atomic E-state index is 0.0478. The van der Waals surface area contributed by atoms with E-state index in [1.165, 1.54) is 0 Å². The summed E-state index contributed by atoms with van der Waals surface area (Å²) in [5, 5.41) is 0. The van der Waals surface area contributed by atoms with Gasteiger partial charge in [-0.2, -0.15) is 0 Å². The third kappa shape index (κ3) is 1.74. The second kappa shape index (κ2) is 3.86. The summed E-state index contributed by atoms with van der Waals surface area (Å²) in [7, 11) is 0. The van der Waals surface area contributed by atoms with Crippen LogP contribution in [0, 0.1) is 0 Å². The van der Waals surface area contributed by atoms with E-state index in [9.17, 15) is 0 Å². The molecule has 0 saturated heterocycles. The first-order valence-corrected chi connectivity index (χ1v) is 5.74. The van der Waals surface area contributed by atoms with Crippen LogP contribution in [-0.2, 0) is 0 Å². The molecule has 1 aliphatic heterocycles. The molecule has 2 N–H and O–H groups in total. The molecule has 1 aromatic rings. The van der Waals surface area contributed by atoms with Crippen LogP contribution in [0.4, 0.5) is 0 Å². The molecule has 0 unspecified atom stereocenters. The largest absolute Gasteiger partial charge is 0.487 e. The summed E-state index contributed by atoms with van der Waals surface area (Å²) in [6, 6.07) is 8.23. The third-order valence-corrected chi connectivity index (χ3v) is 3.53. The van der Waals surface area contributed by atoms with Crippen LogP contribution in [0.3, 0.4) is 0 Å². The van der Waals surface area contributed by atoms with Gasteiger partial charge in [-0.15, -0.1) is 0 Å². The molecule has 15 heavy (non-hydrogen) atoms. The number of hydrogen-bond donors (Lipinski definition) is 1. The standard InChI is InChI=1S/C13H19NO/c1-3-13(4-2)9-11(14)10-7-5-6-8-12(10)15-13/h5-8,11H,3-4,9,14H2,1-2H3/t11-/m1/s1. The van der Waals surface area contributed by atoms with Gasteiger partial charge >= 0.3 is 0 Å². The fourth-order valence-corrected chi connectivity index (χ4v) is 2.35. The summed E-state index contributed by atoms with van der Waals surface area (Å²) in [6.45, 7) is 4.34. The van der Waals surface area contributed by atoms with Gasteiger partial charge in [-0.05, 0) is 18.9 Å². The molecular weight excluding hydrogens is 186 g/mol. The van der Waals surface area contributed by atoms with Gasteiger partial charge in [0.15, 0.2) is 0 Å². The Morgan fingerprint density at radius 3 is 2.67 bits per heavy atom. The number of hydrogen-bond acceptors (Lipinski definition) is 2. The second-order valence-corrected chi connectivity index (χ2v) is 4.34. The van der Waals surface area contributed by atoms with Gasteiger partial charge in [0.05, 0.1) is 0 Å². The zero-order valence-electron chi connectivity index (χ0n) is 9.49. The minimum Gasteiger partial charge on any atom is -0.487 e. The summed E-state index contributed by atoms with van der Waals surface area (Å²) >= 11 is 0. The van der Waals surface area contributed by atoms with Gasteiger partial charge in [0, 0.05) is 18.0 Å². The first kappa shape index (κ1) is 10.5. The molecule has 0 amide bonds. The Morgan fingerprint density at radius 2 is 2.00 bits per heavy atom. The average Bonchev–Trinajstić information content (AvgIpc) is 2.29. The second-order valence-electron chi connectivity index (χ2n) is 4.34. The molecule has 2 rings (SSSR count). The molecular formula is C13H19NO. The van der Waals surface area contributed by atoms with Crippen LogP contribution in [0.25, 0.3) is 0 Å². The van der Waals surface area contributed by atoms with Crippen molar-refractivity contribution in [3.8, 4) is 5.75 Å². The zero-order chi connectivity index (χ0) is 10.9. The van der Waals surface area contributed by atoms with E-state index in [0.717, 1.165) is 30.6 Å². The summed E-state index contributed by atoms with van der Waals surface area (Å²) < 4.78 is 6.11. The van der Waals surface area contributed by atoms with E-state index < -0.39 is 0 Å². The molecule has 1 aromatic carbocycles. The predicted molar refractivity (Wildman–Crippen MR) is 61.9 cm³/mol. The van der Waals surface area contributed by atoms with Crippen molar-refractivity contribution in [3.05, 3.63) is 29.8 Å². The highest BCUT2D eigenvalue weighted by Gasteiger charge is 2.36. The maximum Gasteiger partial charge on any atom is 0.124 e. The van der Waals surface area contributed by atoms with Crippen molar-refractivity contribution in [2.75, 3.05) is 0 Å². The highest BCUT2D eigenvalue weighted by atomic mass is 16.5. The van der Waals surface area contributed by atoms with Crippen LogP contribution < -0.4 is 10.5 Å². The Labute approximate surface area is 91.4 Å². The molecule has 1 heterocycles. The molecule has 0 bridgehead atoms. The van der Waals surface area contributed by atoms with Crippen LogP contribution in [0.1, 0.15) is 44.7 Å². The molecule has 0 radical (unpaired) electrons. The van der Waals surface area contributed by atoms with Crippen LogP contribution in [0.2, 0.25) is 0 Å². The van der Waals surface area contributed by atoms with Crippen molar-refractivity contribution >= 4 is 0 Å². The van der Waals surface area contributed by atoms with E-state index in [-0.39, 0.29) is 11.6 Å². The Kier molecular flexibility index (Phi) is 2.70. The molecule has 1 aliphatic rings. The Hall–Kier alpha value is -1.02. The lowest BCUT2D eigenvalue weighted by molar-refractivity contribution is 0.0282. The van der Waals surface area contributed by atoms with Gasteiger partial charge < -0.3 is 10.5 Å². The number of benzene rings is 1. The maximum absolute atomic E-state index is 6.19. The Morgan fingerprint density at radius 1 is 1.33 bits per heavy atom. The van der Waals surface area contributed by atoms with Crippen molar-refractivity contribution in [3.63, 3.8) is 0 Å². The predicted octanol–water partition coefficient (Wildman–Crippen LogP) is 3.03. The molecule has 2 heteroatoms. The number of rotatable bonds is 2. The summed E-state index contributed by atoms with van der Waals surface area (Å²) in [5.74, 6) is 0.972. The highest BCUT2D eigenvalue weighted by Crippen LogP contribution is 2.41. The smallest absolute Gasteiger partial charge is 0.124 e. The SMILES string of the molecule is CCC1(CC)C[C@@H](N)c2ccccc2O1. The first-order chi connectivity index (χ1) is 7.21. The van der Waals surface area contributed by atoms with E-state index >= 15 is 0 Å². The van der Waals surface area contributed by atoms with Crippen LogP contribution in [0.5, 0.6) is 5.75 Å². The lowest BCUT2D eigenvalue weighted by Crippen LogP contribution is -2.41. The minimum atomic E-state index is -0.0478. The molecule has 0 saturated carbocycles.